The predicted octanol–water partition coefficient (Wildman–Crippen LogP) is 3.73. The fourth-order valence-electron chi connectivity index (χ4n) is 2.23. The van der Waals surface area contributed by atoms with Crippen molar-refractivity contribution in [3.8, 4) is 17.4 Å². The van der Waals surface area contributed by atoms with Crippen LogP contribution in [0.1, 0.15) is 19.4 Å². The third-order valence-corrected chi connectivity index (χ3v) is 2.96. The molecule has 0 amide bonds. The van der Waals surface area contributed by atoms with Gasteiger partial charge in [-0.05, 0) is 26.0 Å². The number of rotatable bonds is 2. The number of hydrogen-bond acceptors (Lipinski definition) is 3. The maximum absolute atomic E-state index is 13.0. The molecule has 2 heterocycles. The number of ether oxygens (including phenoxy) is 2. The first-order chi connectivity index (χ1) is 9.03. The Hall–Kier alpha value is -2.10. The van der Waals surface area contributed by atoms with Gasteiger partial charge in [-0.2, -0.15) is 9.37 Å². The molecule has 0 N–H and O–H groups in total. The summed E-state index contributed by atoms with van der Waals surface area (Å²) in [6.45, 7) is 4.05. The van der Waals surface area contributed by atoms with Crippen molar-refractivity contribution in [2.75, 3.05) is 0 Å². The summed E-state index contributed by atoms with van der Waals surface area (Å²) in [5, 5.41) is 0. The zero-order valence-corrected chi connectivity index (χ0v) is 10.8. The summed E-state index contributed by atoms with van der Waals surface area (Å²) >= 11 is 0. The minimum absolute atomic E-state index is 0.224. The summed E-state index contributed by atoms with van der Waals surface area (Å²) in [7, 11) is 0. The van der Waals surface area contributed by atoms with Crippen molar-refractivity contribution in [3.05, 3.63) is 47.9 Å². The average Bonchev–Trinajstić information content (AvgIpc) is 2.64. The molecule has 98 valence electrons. The lowest BCUT2D eigenvalue weighted by atomic mass is 10.0. The fraction of sp³-hybridized carbons (Fsp3) is 0.267. The summed E-state index contributed by atoms with van der Waals surface area (Å²) in [4.78, 5) is 3.69. The smallest absolute Gasteiger partial charge is 0.222 e. The molecule has 19 heavy (non-hydrogen) atoms. The van der Waals surface area contributed by atoms with Crippen LogP contribution in [0.5, 0.6) is 17.4 Å². The first-order valence-corrected chi connectivity index (χ1v) is 6.15. The Morgan fingerprint density at radius 2 is 2.00 bits per heavy atom. The van der Waals surface area contributed by atoms with Crippen LogP contribution < -0.4 is 9.47 Å². The average molecular weight is 259 g/mol. The third kappa shape index (κ3) is 2.38. The van der Waals surface area contributed by atoms with E-state index in [4.69, 9.17) is 9.47 Å². The van der Waals surface area contributed by atoms with Crippen LogP contribution in [-0.2, 0) is 6.42 Å². The summed E-state index contributed by atoms with van der Waals surface area (Å²) in [6, 6.07) is 10.2. The van der Waals surface area contributed by atoms with E-state index in [0.29, 0.717) is 5.75 Å². The van der Waals surface area contributed by atoms with E-state index in [1.807, 2.05) is 26.0 Å². The molecule has 0 fully saturated rings. The Morgan fingerprint density at radius 3 is 2.79 bits per heavy atom. The number of pyridine rings is 1. The van der Waals surface area contributed by atoms with Gasteiger partial charge in [0, 0.05) is 18.1 Å². The topological polar surface area (TPSA) is 31.4 Å². The molecule has 0 unspecified atom stereocenters. The third-order valence-electron chi connectivity index (χ3n) is 2.96. The largest absolute Gasteiger partial charge is 0.483 e. The molecule has 1 aliphatic heterocycles. The zero-order chi connectivity index (χ0) is 13.5. The summed E-state index contributed by atoms with van der Waals surface area (Å²) in [5.41, 5.74) is 0.857. The van der Waals surface area contributed by atoms with Gasteiger partial charge in [0.25, 0.3) is 0 Å². The monoisotopic (exact) mass is 259 g/mol. The highest BCUT2D eigenvalue weighted by atomic mass is 19.1. The van der Waals surface area contributed by atoms with E-state index < -0.39 is 5.95 Å². The van der Waals surface area contributed by atoms with Crippen molar-refractivity contribution in [1.82, 2.24) is 4.98 Å². The number of nitrogens with zero attached hydrogens (tertiary/aromatic N) is 1. The van der Waals surface area contributed by atoms with Crippen LogP contribution in [0.3, 0.4) is 0 Å². The van der Waals surface area contributed by atoms with Gasteiger partial charge in [-0.3, -0.25) is 0 Å². The van der Waals surface area contributed by atoms with Crippen LogP contribution in [-0.4, -0.2) is 10.6 Å². The lowest BCUT2D eigenvalue weighted by Gasteiger charge is -2.18. The van der Waals surface area contributed by atoms with Crippen molar-refractivity contribution in [2.45, 2.75) is 25.9 Å². The van der Waals surface area contributed by atoms with Gasteiger partial charge in [0.1, 0.15) is 5.60 Å². The molecule has 1 aromatic carbocycles. The van der Waals surface area contributed by atoms with E-state index >= 15 is 0 Å². The highest BCUT2D eigenvalue weighted by Gasteiger charge is 2.32. The second kappa shape index (κ2) is 4.23. The van der Waals surface area contributed by atoms with Gasteiger partial charge in [0.15, 0.2) is 11.5 Å². The van der Waals surface area contributed by atoms with Crippen molar-refractivity contribution in [1.29, 1.82) is 0 Å². The molecule has 3 nitrogen and oxygen atoms in total. The summed E-state index contributed by atoms with van der Waals surface area (Å²) in [5.74, 6) is 0.952. The minimum atomic E-state index is -0.564. The van der Waals surface area contributed by atoms with Crippen LogP contribution in [0.2, 0.25) is 0 Å². The second-order valence-corrected chi connectivity index (χ2v) is 5.18. The number of hydrogen-bond donors (Lipinski definition) is 0. The first kappa shape index (κ1) is 12.0. The Kier molecular flexibility index (Phi) is 2.66. The van der Waals surface area contributed by atoms with Crippen molar-refractivity contribution < 1.29 is 13.9 Å². The van der Waals surface area contributed by atoms with Gasteiger partial charge in [0.05, 0.1) is 0 Å². The summed E-state index contributed by atoms with van der Waals surface area (Å²) in [6.07, 6.45) is 0.829. The van der Waals surface area contributed by atoms with Crippen molar-refractivity contribution in [3.63, 3.8) is 0 Å². The lowest BCUT2D eigenvalue weighted by molar-refractivity contribution is 0.135. The van der Waals surface area contributed by atoms with Gasteiger partial charge < -0.3 is 9.47 Å². The Labute approximate surface area is 111 Å². The molecule has 1 aliphatic rings. The minimum Gasteiger partial charge on any atom is -0.483 e. The number of para-hydroxylation sites is 1. The molecule has 0 saturated carbocycles. The number of fused-ring (bicyclic) bond motifs is 1. The molecular formula is C15H14FNO2. The van der Waals surface area contributed by atoms with Crippen molar-refractivity contribution in [2.24, 2.45) is 0 Å². The molecule has 4 heteroatoms. The standard InChI is InChI=1S/C15H14FNO2/c1-15(2)9-10-5-3-6-11(14(10)19-15)18-13-8-4-7-12(16)17-13/h3-8H,9H2,1-2H3. The maximum atomic E-state index is 13.0. The van der Waals surface area contributed by atoms with E-state index in [1.165, 1.54) is 6.07 Å². The number of halogens is 1. The molecule has 3 rings (SSSR count). The molecule has 0 bridgehead atoms. The molecule has 0 spiro atoms. The fourth-order valence-corrected chi connectivity index (χ4v) is 2.23. The summed E-state index contributed by atoms with van der Waals surface area (Å²) < 4.78 is 24.5. The maximum Gasteiger partial charge on any atom is 0.222 e. The predicted molar refractivity (Wildman–Crippen MR) is 69.1 cm³/mol. The molecule has 2 aromatic rings. The molecule has 1 aromatic heterocycles. The molecule has 0 atom stereocenters. The van der Waals surface area contributed by atoms with E-state index in [9.17, 15) is 4.39 Å². The normalized spacial score (nSPS) is 15.7. The highest BCUT2D eigenvalue weighted by Crippen LogP contribution is 2.42. The lowest BCUT2D eigenvalue weighted by Crippen LogP contribution is -2.24. The SMILES string of the molecule is CC1(C)Cc2cccc(Oc3cccc(F)n3)c2O1. The van der Waals surface area contributed by atoms with E-state index in [2.05, 4.69) is 4.98 Å². The van der Waals surface area contributed by atoms with Crippen LogP contribution in [0.15, 0.2) is 36.4 Å². The molecule has 0 radical (unpaired) electrons. The Morgan fingerprint density at radius 1 is 1.21 bits per heavy atom. The van der Waals surface area contributed by atoms with Crippen LogP contribution in [0.25, 0.3) is 0 Å². The Bertz CT molecular complexity index is 625. The van der Waals surface area contributed by atoms with E-state index in [-0.39, 0.29) is 11.5 Å². The second-order valence-electron chi connectivity index (χ2n) is 5.18. The van der Waals surface area contributed by atoms with Gasteiger partial charge in [-0.15, -0.1) is 0 Å². The molecule has 0 aliphatic carbocycles. The van der Waals surface area contributed by atoms with Crippen LogP contribution in [0, 0.1) is 5.95 Å². The van der Waals surface area contributed by atoms with Gasteiger partial charge in [-0.25, -0.2) is 0 Å². The van der Waals surface area contributed by atoms with E-state index in [0.717, 1.165) is 17.7 Å². The first-order valence-electron chi connectivity index (χ1n) is 6.15. The van der Waals surface area contributed by atoms with Gasteiger partial charge >= 0.3 is 0 Å². The molecular weight excluding hydrogens is 245 g/mol. The van der Waals surface area contributed by atoms with Crippen LogP contribution >= 0.6 is 0 Å². The van der Waals surface area contributed by atoms with Gasteiger partial charge in [-0.1, -0.05) is 18.2 Å². The quantitative estimate of drug-likeness (QED) is 0.770. The van der Waals surface area contributed by atoms with Crippen molar-refractivity contribution >= 4 is 0 Å². The number of benzene rings is 1. The Balaban J connectivity index is 1.94. The van der Waals surface area contributed by atoms with E-state index in [1.54, 1.807) is 18.2 Å². The number of aromatic nitrogens is 1. The van der Waals surface area contributed by atoms with Crippen LogP contribution in [0.4, 0.5) is 4.39 Å². The highest BCUT2D eigenvalue weighted by molar-refractivity contribution is 5.51. The van der Waals surface area contributed by atoms with Gasteiger partial charge in [0.2, 0.25) is 11.8 Å². The molecule has 0 saturated heterocycles. The zero-order valence-electron chi connectivity index (χ0n) is 10.8.